The van der Waals surface area contributed by atoms with Crippen LogP contribution < -0.4 is 0 Å². The van der Waals surface area contributed by atoms with Crippen LogP contribution in [0.25, 0.3) is 0 Å². The van der Waals surface area contributed by atoms with Gasteiger partial charge in [0, 0.05) is 23.6 Å². The summed E-state index contributed by atoms with van der Waals surface area (Å²) in [5.74, 6) is -0.811. The molecule has 0 saturated heterocycles. The van der Waals surface area contributed by atoms with Crippen LogP contribution in [0.15, 0.2) is 35.7 Å². The molecule has 0 bridgehead atoms. The average Bonchev–Trinajstić information content (AvgIpc) is 2.90. The predicted molar refractivity (Wildman–Crippen MR) is 74.9 cm³/mol. The van der Waals surface area contributed by atoms with Gasteiger partial charge in [0.1, 0.15) is 0 Å². The number of carbonyl (C=O) groups excluding carboxylic acids is 1. The molecule has 0 saturated carbocycles. The van der Waals surface area contributed by atoms with Gasteiger partial charge in [-0.3, -0.25) is 14.9 Å². The van der Waals surface area contributed by atoms with Gasteiger partial charge in [-0.15, -0.1) is 11.3 Å². The zero-order chi connectivity index (χ0) is 14.7. The number of carbonyl (C=O) groups is 1. The minimum Gasteiger partial charge on any atom is -0.502 e. The van der Waals surface area contributed by atoms with Crippen molar-refractivity contribution in [3.8, 4) is 5.75 Å². The Morgan fingerprint density at radius 2 is 2.20 bits per heavy atom. The SMILES string of the molecule is CN(Cc1cccs1)C(=O)c1ccc([N+](=O)[O-])c(O)c1. The molecule has 20 heavy (non-hydrogen) atoms. The quantitative estimate of drug-likeness (QED) is 0.693. The highest BCUT2D eigenvalue weighted by Gasteiger charge is 2.18. The zero-order valence-corrected chi connectivity index (χ0v) is 11.5. The van der Waals surface area contributed by atoms with E-state index in [-0.39, 0.29) is 11.5 Å². The first-order valence-electron chi connectivity index (χ1n) is 5.74. The number of hydrogen-bond donors (Lipinski definition) is 1. The van der Waals surface area contributed by atoms with E-state index < -0.39 is 16.4 Å². The number of nitro benzene ring substituents is 1. The third-order valence-corrected chi connectivity index (χ3v) is 3.60. The van der Waals surface area contributed by atoms with E-state index in [2.05, 4.69) is 0 Å². The monoisotopic (exact) mass is 292 g/mol. The Bertz CT molecular complexity index is 640. The van der Waals surface area contributed by atoms with Gasteiger partial charge >= 0.3 is 5.69 Å². The van der Waals surface area contributed by atoms with Gasteiger partial charge < -0.3 is 10.0 Å². The second-order valence-corrected chi connectivity index (χ2v) is 5.23. The number of aromatic hydroxyl groups is 1. The summed E-state index contributed by atoms with van der Waals surface area (Å²) in [6.07, 6.45) is 0. The summed E-state index contributed by atoms with van der Waals surface area (Å²) < 4.78 is 0. The fourth-order valence-electron chi connectivity index (χ4n) is 1.74. The highest BCUT2D eigenvalue weighted by atomic mass is 32.1. The largest absolute Gasteiger partial charge is 0.502 e. The van der Waals surface area contributed by atoms with E-state index in [1.54, 1.807) is 18.4 Å². The number of thiophene rings is 1. The van der Waals surface area contributed by atoms with Gasteiger partial charge in [-0.1, -0.05) is 6.07 Å². The summed E-state index contributed by atoms with van der Waals surface area (Å²) in [6, 6.07) is 7.40. The van der Waals surface area contributed by atoms with E-state index in [1.165, 1.54) is 11.0 Å². The molecule has 2 aromatic rings. The minimum atomic E-state index is -0.695. The Labute approximate surface area is 119 Å². The molecule has 0 radical (unpaired) electrons. The van der Waals surface area contributed by atoms with E-state index >= 15 is 0 Å². The molecule has 1 heterocycles. The molecule has 2 rings (SSSR count). The second kappa shape index (κ2) is 5.70. The lowest BCUT2D eigenvalue weighted by atomic mass is 10.1. The number of benzene rings is 1. The normalized spacial score (nSPS) is 10.2. The molecule has 1 N–H and O–H groups in total. The fourth-order valence-corrected chi connectivity index (χ4v) is 2.50. The van der Waals surface area contributed by atoms with Crippen molar-refractivity contribution in [1.82, 2.24) is 4.90 Å². The van der Waals surface area contributed by atoms with Crippen LogP contribution >= 0.6 is 11.3 Å². The fraction of sp³-hybridized carbons (Fsp3) is 0.154. The smallest absolute Gasteiger partial charge is 0.310 e. The zero-order valence-electron chi connectivity index (χ0n) is 10.6. The first-order valence-corrected chi connectivity index (χ1v) is 6.62. The number of phenolic OH excluding ortho intramolecular Hbond substituents is 1. The number of nitrogens with zero attached hydrogens (tertiary/aromatic N) is 2. The lowest BCUT2D eigenvalue weighted by Crippen LogP contribution is -2.25. The Balaban J connectivity index is 2.16. The van der Waals surface area contributed by atoms with Gasteiger partial charge in [0.15, 0.2) is 5.75 Å². The molecule has 6 nitrogen and oxygen atoms in total. The average molecular weight is 292 g/mol. The van der Waals surface area contributed by atoms with Crippen LogP contribution in [0.1, 0.15) is 15.2 Å². The van der Waals surface area contributed by atoms with Crippen molar-refractivity contribution < 1.29 is 14.8 Å². The first-order chi connectivity index (χ1) is 9.49. The van der Waals surface area contributed by atoms with Crippen LogP contribution in [0.4, 0.5) is 5.69 Å². The van der Waals surface area contributed by atoms with Crippen LogP contribution in [0, 0.1) is 10.1 Å². The summed E-state index contributed by atoms with van der Waals surface area (Å²) in [5.41, 5.74) is -0.199. The third-order valence-electron chi connectivity index (χ3n) is 2.74. The summed E-state index contributed by atoms with van der Waals surface area (Å²) >= 11 is 1.54. The first kappa shape index (κ1) is 14.0. The van der Waals surface area contributed by atoms with Gasteiger partial charge in [0.25, 0.3) is 5.91 Å². The topological polar surface area (TPSA) is 83.7 Å². The maximum Gasteiger partial charge on any atom is 0.310 e. The number of rotatable bonds is 4. The summed E-state index contributed by atoms with van der Waals surface area (Å²) in [7, 11) is 1.64. The maximum atomic E-state index is 12.2. The predicted octanol–water partition coefficient (Wildman–Crippen LogP) is 2.63. The number of phenols is 1. The maximum absolute atomic E-state index is 12.2. The van der Waals surface area contributed by atoms with Gasteiger partial charge in [-0.25, -0.2) is 0 Å². The van der Waals surface area contributed by atoms with E-state index in [4.69, 9.17) is 0 Å². The van der Waals surface area contributed by atoms with Crippen LogP contribution in [0.3, 0.4) is 0 Å². The molecule has 0 aliphatic rings. The summed E-state index contributed by atoms with van der Waals surface area (Å²) in [4.78, 5) is 24.6. The molecular formula is C13H12N2O4S. The molecule has 0 aliphatic heterocycles. The van der Waals surface area contributed by atoms with Crippen molar-refractivity contribution in [3.63, 3.8) is 0 Å². The van der Waals surface area contributed by atoms with Crippen LogP contribution in [0.5, 0.6) is 5.75 Å². The molecule has 0 atom stereocenters. The van der Waals surface area contributed by atoms with Crippen LogP contribution in [-0.4, -0.2) is 27.9 Å². The van der Waals surface area contributed by atoms with E-state index in [0.717, 1.165) is 17.0 Å². The molecule has 104 valence electrons. The van der Waals surface area contributed by atoms with Crippen molar-refractivity contribution in [3.05, 3.63) is 56.3 Å². The van der Waals surface area contributed by atoms with Crippen molar-refractivity contribution >= 4 is 22.9 Å². The summed E-state index contributed by atoms with van der Waals surface area (Å²) in [6.45, 7) is 0.453. The summed E-state index contributed by atoms with van der Waals surface area (Å²) in [5, 5.41) is 22.1. The second-order valence-electron chi connectivity index (χ2n) is 4.20. The molecule has 0 unspecified atom stereocenters. The highest BCUT2D eigenvalue weighted by molar-refractivity contribution is 7.09. The van der Waals surface area contributed by atoms with Gasteiger partial charge in [-0.2, -0.15) is 0 Å². The van der Waals surface area contributed by atoms with Crippen LogP contribution in [0.2, 0.25) is 0 Å². The molecule has 1 aromatic carbocycles. The molecule has 1 aromatic heterocycles. The van der Waals surface area contributed by atoms with Gasteiger partial charge in [0.2, 0.25) is 0 Å². The van der Waals surface area contributed by atoms with Crippen LogP contribution in [-0.2, 0) is 6.54 Å². The molecule has 0 fully saturated rings. The van der Waals surface area contributed by atoms with Crippen molar-refractivity contribution in [1.29, 1.82) is 0 Å². The minimum absolute atomic E-state index is 0.215. The third kappa shape index (κ3) is 2.94. The van der Waals surface area contributed by atoms with Crippen molar-refractivity contribution in [2.75, 3.05) is 7.05 Å². The standard InChI is InChI=1S/C13H12N2O4S/c1-14(8-10-3-2-6-20-10)13(17)9-4-5-11(15(18)19)12(16)7-9/h2-7,16H,8H2,1H3. The molecule has 0 aliphatic carbocycles. The lowest BCUT2D eigenvalue weighted by molar-refractivity contribution is -0.385. The van der Waals surface area contributed by atoms with E-state index in [0.29, 0.717) is 6.54 Å². The van der Waals surface area contributed by atoms with Gasteiger partial charge in [-0.05, 0) is 23.6 Å². The highest BCUT2D eigenvalue weighted by Crippen LogP contribution is 2.26. The molecule has 1 amide bonds. The van der Waals surface area contributed by atoms with Crippen molar-refractivity contribution in [2.24, 2.45) is 0 Å². The molecular weight excluding hydrogens is 280 g/mol. The molecule has 0 spiro atoms. The Morgan fingerprint density at radius 1 is 1.45 bits per heavy atom. The Hall–Kier alpha value is -2.41. The van der Waals surface area contributed by atoms with E-state index in [1.807, 2.05) is 17.5 Å². The Kier molecular flexibility index (Phi) is 3.99. The van der Waals surface area contributed by atoms with E-state index in [9.17, 15) is 20.0 Å². The van der Waals surface area contributed by atoms with Crippen molar-refractivity contribution in [2.45, 2.75) is 6.54 Å². The molecule has 7 heteroatoms. The van der Waals surface area contributed by atoms with Gasteiger partial charge in [0.05, 0.1) is 11.5 Å². The lowest BCUT2D eigenvalue weighted by Gasteiger charge is -2.16. The number of amides is 1. The Morgan fingerprint density at radius 3 is 2.75 bits per heavy atom. The number of nitro groups is 1. The number of hydrogen-bond acceptors (Lipinski definition) is 5.